The van der Waals surface area contributed by atoms with Gasteiger partial charge in [-0.3, -0.25) is 5.50 Å². The van der Waals surface area contributed by atoms with Gasteiger partial charge in [-0.05, 0) is 51.4 Å². The van der Waals surface area contributed by atoms with E-state index in [2.05, 4.69) is 67.7 Å². The monoisotopic (exact) mass is 335 g/mol. The molecule has 0 heterocycles. The van der Waals surface area contributed by atoms with Gasteiger partial charge in [0.2, 0.25) is 0 Å². The van der Waals surface area contributed by atoms with Crippen molar-refractivity contribution in [2.24, 2.45) is 5.50 Å². The van der Waals surface area contributed by atoms with E-state index >= 15 is 0 Å². The van der Waals surface area contributed by atoms with Crippen LogP contribution in [0.3, 0.4) is 0 Å². The SMILES string of the molecule is CC/C=C\C/C=C\C/C=C\C/C=C\C/C=C\CCCCOPN. The highest BCUT2D eigenvalue weighted by Gasteiger charge is 1.85. The highest BCUT2D eigenvalue weighted by Crippen LogP contribution is 2.04. The molecule has 0 radical (unpaired) electrons. The topological polar surface area (TPSA) is 35.2 Å². The van der Waals surface area contributed by atoms with Gasteiger partial charge in [-0.1, -0.05) is 67.7 Å². The standard InChI is InChI=1S/C20H34NOP/c1-2-3-4-5-6-7-8-9-10-11-12-13-14-15-16-17-18-19-20-22-23-21/h3-4,6-7,9-10,12-13,15-16,23H,2,5,8,11,14,17-21H2,1H3/b4-3-,7-6-,10-9-,13-12-,16-15-. The lowest BCUT2D eigenvalue weighted by atomic mass is 10.2. The fraction of sp³-hybridized carbons (Fsp3) is 0.500. The van der Waals surface area contributed by atoms with E-state index in [4.69, 9.17) is 10.0 Å². The van der Waals surface area contributed by atoms with Crippen LogP contribution in [0.5, 0.6) is 0 Å². The molecule has 0 aromatic carbocycles. The summed E-state index contributed by atoms with van der Waals surface area (Å²) < 4.78 is 5.12. The Balaban J connectivity index is 3.39. The lowest BCUT2D eigenvalue weighted by Crippen LogP contribution is -1.87. The molecule has 0 saturated carbocycles. The molecule has 1 atom stereocenters. The van der Waals surface area contributed by atoms with Crippen LogP contribution in [0, 0.1) is 0 Å². The zero-order chi connectivity index (χ0) is 16.8. The molecule has 0 aliphatic carbocycles. The summed E-state index contributed by atoms with van der Waals surface area (Å²) in [6, 6.07) is 0. The molecule has 0 rings (SSSR count). The summed E-state index contributed by atoms with van der Waals surface area (Å²) in [7, 11) is 0.129. The molecule has 0 aliphatic heterocycles. The average Bonchev–Trinajstić information content (AvgIpc) is 2.57. The normalized spacial score (nSPS) is 13.5. The summed E-state index contributed by atoms with van der Waals surface area (Å²) in [4.78, 5) is 0. The third-order valence-corrected chi connectivity index (χ3v) is 3.48. The minimum Gasteiger partial charge on any atom is -0.347 e. The van der Waals surface area contributed by atoms with Gasteiger partial charge < -0.3 is 4.52 Å². The zero-order valence-electron chi connectivity index (χ0n) is 14.6. The van der Waals surface area contributed by atoms with Gasteiger partial charge in [-0.2, -0.15) is 0 Å². The second-order valence-corrected chi connectivity index (χ2v) is 5.69. The first-order valence-electron chi connectivity index (χ1n) is 8.74. The molecular formula is C20H34NOP. The van der Waals surface area contributed by atoms with Crippen molar-refractivity contribution in [2.75, 3.05) is 6.61 Å². The van der Waals surface area contributed by atoms with Crippen molar-refractivity contribution in [2.45, 2.75) is 58.3 Å². The Morgan fingerprint density at radius 3 is 1.65 bits per heavy atom. The van der Waals surface area contributed by atoms with Crippen molar-refractivity contribution >= 4 is 8.96 Å². The predicted molar refractivity (Wildman–Crippen MR) is 107 cm³/mol. The summed E-state index contributed by atoms with van der Waals surface area (Å²) in [6.45, 7) is 2.95. The van der Waals surface area contributed by atoms with E-state index in [1.807, 2.05) is 0 Å². The molecule has 1 unspecified atom stereocenters. The maximum atomic E-state index is 5.28. The van der Waals surface area contributed by atoms with E-state index in [-0.39, 0.29) is 8.96 Å². The summed E-state index contributed by atoms with van der Waals surface area (Å²) in [5, 5.41) is 0. The number of nitrogens with two attached hydrogens (primary N) is 1. The summed E-state index contributed by atoms with van der Waals surface area (Å²) in [6.07, 6.45) is 30.9. The number of hydrogen-bond acceptors (Lipinski definition) is 2. The van der Waals surface area contributed by atoms with Gasteiger partial charge in [0.25, 0.3) is 0 Å². The Morgan fingerprint density at radius 2 is 1.17 bits per heavy atom. The van der Waals surface area contributed by atoms with Crippen molar-refractivity contribution in [1.29, 1.82) is 0 Å². The van der Waals surface area contributed by atoms with Gasteiger partial charge in [0.05, 0.1) is 15.6 Å². The summed E-state index contributed by atoms with van der Waals surface area (Å²) in [5.41, 5.74) is 5.28. The third kappa shape index (κ3) is 21.1. The molecule has 2 nitrogen and oxygen atoms in total. The fourth-order valence-corrected chi connectivity index (χ4v) is 2.13. The van der Waals surface area contributed by atoms with Gasteiger partial charge >= 0.3 is 0 Å². The minimum atomic E-state index is 0.129. The van der Waals surface area contributed by atoms with Crippen molar-refractivity contribution < 1.29 is 4.52 Å². The summed E-state index contributed by atoms with van der Waals surface area (Å²) in [5.74, 6) is 0. The highest BCUT2D eigenvalue weighted by molar-refractivity contribution is 7.29. The van der Waals surface area contributed by atoms with Crippen LogP contribution in [-0.4, -0.2) is 6.61 Å². The number of allylic oxidation sites excluding steroid dienone is 10. The van der Waals surface area contributed by atoms with Crippen molar-refractivity contribution in [3.63, 3.8) is 0 Å². The zero-order valence-corrected chi connectivity index (χ0v) is 15.6. The largest absolute Gasteiger partial charge is 0.347 e. The highest BCUT2D eigenvalue weighted by atomic mass is 31.1. The number of rotatable bonds is 15. The van der Waals surface area contributed by atoms with Gasteiger partial charge in [-0.25, -0.2) is 0 Å². The second-order valence-electron chi connectivity index (χ2n) is 5.17. The Bertz CT molecular complexity index is 370. The molecule has 0 fully saturated rings. The molecular weight excluding hydrogens is 301 g/mol. The molecule has 0 spiro atoms. The molecule has 0 aliphatic rings. The molecule has 0 saturated heterocycles. The molecule has 0 amide bonds. The van der Waals surface area contributed by atoms with E-state index in [1.54, 1.807) is 0 Å². The first-order valence-corrected chi connectivity index (χ1v) is 9.72. The maximum Gasteiger partial charge on any atom is 0.0833 e. The fourth-order valence-electron chi connectivity index (χ4n) is 1.86. The Morgan fingerprint density at radius 1 is 0.696 bits per heavy atom. The van der Waals surface area contributed by atoms with Crippen molar-refractivity contribution in [1.82, 2.24) is 0 Å². The van der Waals surface area contributed by atoms with Crippen LogP contribution in [0.1, 0.15) is 58.3 Å². The molecule has 23 heavy (non-hydrogen) atoms. The van der Waals surface area contributed by atoms with Gasteiger partial charge in [-0.15, -0.1) is 0 Å². The van der Waals surface area contributed by atoms with Crippen LogP contribution in [0.2, 0.25) is 0 Å². The van der Waals surface area contributed by atoms with E-state index in [0.29, 0.717) is 0 Å². The molecule has 2 N–H and O–H groups in total. The average molecular weight is 335 g/mol. The van der Waals surface area contributed by atoms with Crippen LogP contribution in [0.15, 0.2) is 60.8 Å². The molecule has 3 heteroatoms. The first kappa shape index (κ1) is 22.1. The first-order chi connectivity index (χ1) is 11.4. The van der Waals surface area contributed by atoms with Crippen molar-refractivity contribution in [3.05, 3.63) is 60.8 Å². The maximum absolute atomic E-state index is 5.28. The van der Waals surface area contributed by atoms with Gasteiger partial charge in [0.1, 0.15) is 0 Å². The van der Waals surface area contributed by atoms with Crippen molar-refractivity contribution in [3.8, 4) is 0 Å². The van der Waals surface area contributed by atoms with Crippen LogP contribution in [-0.2, 0) is 4.52 Å². The van der Waals surface area contributed by atoms with E-state index in [1.165, 1.54) is 6.42 Å². The second kappa shape index (κ2) is 21.0. The van der Waals surface area contributed by atoms with E-state index in [9.17, 15) is 0 Å². The Hall–Kier alpha value is -0.950. The third-order valence-electron chi connectivity index (χ3n) is 3.11. The molecule has 0 aromatic rings. The lowest BCUT2D eigenvalue weighted by Gasteiger charge is -1.97. The molecule has 0 aromatic heterocycles. The Labute approximate surface area is 145 Å². The molecule has 0 bridgehead atoms. The van der Waals surface area contributed by atoms with Crippen LogP contribution in [0.25, 0.3) is 0 Å². The predicted octanol–water partition coefficient (Wildman–Crippen LogP) is 6.39. The van der Waals surface area contributed by atoms with Gasteiger partial charge in [0, 0.05) is 0 Å². The number of hydrogen-bond donors (Lipinski definition) is 1. The van der Waals surface area contributed by atoms with E-state index < -0.39 is 0 Å². The van der Waals surface area contributed by atoms with Crippen LogP contribution in [0.4, 0.5) is 0 Å². The summed E-state index contributed by atoms with van der Waals surface area (Å²) >= 11 is 0. The van der Waals surface area contributed by atoms with Crippen LogP contribution >= 0.6 is 8.96 Å². The van der Waals surface area contributed by atoms with E-state index in [0.717, 1.165) is 51.6 Å². The van der Waals surface area contributed by atoms with Crippen LogP contribution < -0.4 is 5.50 Å². The Kier molecular flexibility index (Phi) is 20.2. The molecule has 130 valence electrons. The smallest absolute Gasteiger partial charge is 0.0833 e. The quantitative estimate of drug-likeness (QED) is 0.214. The minimum absolute atomic E-state index is 0.129. The lowest BCUT2D eigenvalue weighted by molar-refractivity contribution is 0.349. The number of unbranched alkanes of at least 4 members (excludes halogenated alkanes) is 2. The van der Waals surface area contributed by atoms with Gasteiger partial charge in [0.15, 0.2) is 0 Å².